The summed E-state index contributed by atoms with van der Waals surface area (Å²) >= 11 is 0. The minimum Gasteiger partial charge on any atom is -0.317 e. The molecule has 0 heterocycles. The first-order valence-corrected chi connectivity index (χ1v) is 5.29. The quantitative estimate of drug-likeness (QED) is 0.454. The number of hydrogen-bond donors (Lipinski definition) is 1. The highest BCUT2D eigenvalue weighted by Gasteiger charge is 2.19. The van der Waals surface area contributed by atoms with Crippen LogP contribution in [0, 0.1) is 5.92 Å². The van der Waals surface area contributed by atoms with Crippen molar-refractivity contribution in [1.82, 2.24) is 5.32 Å². The van der Waals surface area contributed by atoms with Crippen molar-refractivity contribution in [3.8, 4) is 0 Å². The Morgan fingerprint density at radius 1 is 1.25 bits per heavy atom. The Morgan fingerprint density at radius 3 is 2.67 bits per heavy atom. The molecule has 1 aliphatic carbocycles. The Hall–Kier alpha value is -0.300. The lowest BCUT2D eigenvalue weighted by Crippen LogP contribution is -2.12. The molecule has 0 bridgehead atoms. The molecule has 12 heavy (non-hydrogen) atoms. The normalized spacial score (nSPS) is 17.4. The Labute approximate surface area is 76.2 Å². The summed E-state index contributed by atoms with van der Waals surface area (Å²) in [5, 5.41) is 3.31. The predicted molar refractivity (Wildman–Crippen MR) is 54.3 cm³/mol. The maximum Gasteiger partial charge on any atom is -0.00144 e. The highest BCUT2D eigenvalue weighted by Crippen LogP contribution is 2.33. The molecule has 1 N–H and O–H groups in total. The first-order chi connectivity index (χ1) is 5.93. The van der Waals surface area contributed by atoms with Gasteiger partial charge in [-0.1, -0.05) is 31.9 Å². The maximum atomic E-state index is 3.31. The summed E-state index contributed by atoms with van der Waals surface area (Å²) in [6.07, 6.45) is 11.6. The van der Waals surface area contributed by atoms with E-state index in [1.54, 1.807) is 0 Å². The van der Waals surface area contributed by atoms with Gasteiger partial charge >= 0.3 is 0 Å². The highest BCUT2D eigenvalue weighted by atomic mass is 14.8. The van der Waals surface area contributed by atoms with Crippen LogP contribution in [-0.4, -0.2) is 13.1 Å². The second-order valence-corrected chi connectivity index (χ2v) is 3.63. The van der Waals surface area contributed by atoms with Gasteiger partial charge < -0.3 is 5.32 Å². The van der Waals surface area contributed by atoms with Crippen LogP contribution in [0.3, 0.4) is 0 Å². The van der Waals surface area contributed by atoms with Gasteiger partial charge in [0.1, 0.15) is 0 Å². The maximum absolute atomic E-state index is 3.31. The SMILES string of the molecule is CCNCCC=CCCC1CC1. The van der Waals surface area contributed by atoms with E-state index < -0.39 is 0 Å². The van der Waals surface area contributed by atoms with E-state index in [-0.39, 0.29) is 0 Å². The van der Waals surface area contributed by atoms with Gasteiger partial charge in [-0.05, 0) is 38.3 Å². The smallest absolute Gasteiger partial charge is 0.00144 e. The highest BCUT2D eigenvalue weighted by molar-refractivity contribution is 4.85. The molecule has 0 aromatic rings. The second-order valence-electron chi connectivity index (χ2n) is 3.63. The van der Waals surface area contributed by atoms with Crippen molar-refractivity contribution in [2.45, 2.75) is 39.0 Å². The Bertz CT molecular complexity index is 125. The van der Waals surface area contributed by atoms with E-state index in [4.69, 9.17) is 0 Å². The number of hydrogen-bond acceptors (Lipinski definition) is 1. The first-order valence-electron chi connectivity index (χ1n) is 5.29. The van der Waals surface area contributed by atoms with Crippen molar-refractivity contribution in [3.63, 3.8) is 0 Å². The molecule has 1 nitrogen and oxygen atoms in total. The summed E-state index contributed by atoms with van der Waals surface area (Å²) in [6.45, 7) is 4.38. The molecule has 1 heteroatoms. The summed E-state index contributed by atoms with van der Waals surface area (Å²) in [7, 11) is 0. The molecule has 0 aromatic carbocycles. The van der Waals surface area contributed by atoms with E-state index in [1.165, 1.54) is 32.1 Å². The summed E-state index contributed by atoms with van der Waals surface area (Å²) in [6, 6.07) is 0. The zero-order valence-electron chi connectivity index (χ0n) is 8.18. The van der Waals surface area contributed by atoms with Crippen LogP contribution in [0.25, 0.3) is 0 Å². The lowest BCUT2D eigenvalue weighted by molar-refractivity contribution is 0.718. The van der Waals surface area contributed by atoms with Crippen molar-refractivity contribution >= 4 is 0 Å². The zero-order valence-corrected chi connectivity index (χ0v) is 8.18. The van der Waals surface area contributed by atoms with Gasteiger partial charge in [0.05, 0.1) is 0 Å². The van der Waals surface area contributed by atoms with Gasteiger partial charge in [-0.25, -0.2) is 0 Å². The van der Waals surface area contributed by atoms with Gasteiger partial charge in [-0.3, -0.25) is 0 Å². The van der Waals surface area contributed by atoms with Crippen LogP contribution >= 0.6 is 0 Å². The molecule has 1 saturated carbocycles. The molecule has 70 valence electrons. The fourth-order valence-electron chi connectivity index (χ4n) is 1.34. The van der Waals surface area contributed by atoms with Crippen LogP contribution in [0.1, 0.15) is 39.0 Å². The molecule has 0 saturated heterocycles. The second kappa shape index (κ2) is 6.24. The van der Waals surface area contributed by atoms with E-state index >= 15 is 0 Å². The largest absolute Gasteiger partial charge is 0.317 e. The van der Waals surface area contributed by atoms with Crippen LogP contribution in [0.5, 0.6) is 0 Å². The first kappa shape index (κ1) is 9.79. The summed E-state index contributed by atoms with van der Waals surface area (Å²) in [5.41, 5.74) is 0. The zero-order chi connectivity index (χ0) is 8.65. The summed E-state index contributed by atoms with van der Waals surface area (Å²) in [5.74, 6) is 1.09. The van der Waals surface area contributed by atoms with Gasteiger partial charge in [-0.2, -0.15) is 0 Å². The standard InChI is InChI=1S/C11H21N/c1-2-12-10-6-4-3-5-7-11-8-9-11/h3-4,11-12H,2,5-10H2,1H3. The van der Waals surface area contributed by atoms with Gasteiger partial charge in [-0.15, -0.1) is 0 Å². The van der Waals surface area contributed by atoms with Crippen molar-refractivity contribution < 1.29 is 0 Å². The van der Waals surface area contributed by atoms with Crippen LogP contribution in [0.15, 0.2) is 12.2 Å². The van der Waals surface area contributed by atoms with Crippen LogP contribution in [-0.2, 0) is 0 Å². The minimum atomic E-state index is 1.09. The lowest BCUT2D eigenvalue weighted by atomic mass is 10.2. The average molecular weight is 167 g/mol. The molecule has 0 spiro atoms. The molecular formula is C11H21N. The molecule has 1 rings (SSSR count). The fourth-order valence-corrected chi connectivity index (χ4v) is 1.34. The summed E-state index contributed by atoms with van der Waals surface area (Å²) < 4.78 is 0. The molecule has 0 aliphatic heterocycles. The van der Waals surface area contributed by atoms with Crippen LogP contribution in [0.4, 0.5) is 0 Å². The van der Waals surface area contributed by atoms with Gasteiger partial charge in [0.15, 0.2) is 0 Å². The fraction of sp³-hybridized carbons (Fsp3) is 0.818. The third-order valence-corrected chi connectivity index (χ3v) is 2.34. The van der Waals surface area contributed by atoms with E-state index in [2.05, 4.69) is 24.4 Å². The van der Waals surface area contributed by atoms with Crippen LogP contribution in [0.2, 0.25) is 0 Å². The lowest BCUT2D eigenvalue weighted by Gasteiger charge is -1.95. The van der Waals surface area contributed by atoms with Crippen molar-refractivity contribution in [2.24, 2.45) is 5.92 Å². The molecule has 1 aliphatic rings. The molecule has 0 aromatic heterocycles. The Morgan fingerprint density at radius 2 is 2.00 bits per heavy atom. The van der Waals surface area contributed by atoms with E-state index in [0.717, 1.165) is 19.0 Å². The number of rotatable bonds is 7. The minimum absolute atomic E-state index is 1.09. The summed E-state index contributed by atoms with van der Waals surface area (Å²) in [4.78, 5) is 0. The Balaban J connectivity index is 1.77. The molecule has 0 unspecified atom stereocenters. The monoisotopic (exact) mass is 167 g/mol. The van der Waals surface area contributed by atoms with E-state index in [0.29, 0.717) is 0 Å². The third-order valence-electron chi connectivity index (χ3n) is 2.34. The van der Waals surface area contributed by atoms with Crippen molar-refractivity contribution in [1.29, 1.82) is 0 Å². The molecule has 0 radical (unpaired) electrons. The van der Waals surface area contributed by atoms with E-state index in [1.807, 2.05) is 0 Å². The van der Waals surface area contributed by atoms with E-state index in [9.17, 15) is 0 Å². The van der Waals surface area contributed by atoms with Crippen LogP contribution < -0.4 is 5.32 Å². The average Bonchev–Trinajstić information content (AvgIpc) is 2.87. The van der Waals surface area contributed by atoms with Gasteiger partial charge in [0.25, 0.3) is 0 Å². The van der Waals surface area contributed by atoms with Gasteiger partial charge in [0, 0.05) is 0 Å². The Kier molecular flexibility index (Phi) is 5.09. The topological polar surface area (TPSA) is 12.0 Å². The predicted octanol–water partition coefficient (Wildman–Crippen LogP) is 2.73. The molecular weight excluding hydrogens is 146 g/mol. The van der Waals surface area contributed by atoms with Crippen molar-refractivity contribution in [2.75, 3.05) is 13.1 Å². The molecule has 0 amide bonds. The third kappa shape index (κ3) is 5.36. The molecule has 0 atom stereocenters. The number of allylic oxidation sites excluding steroid dienone is 1. The van der Waals surface area contributed by atoms with Gasteiger partial charge in [0.2, 0.25) is 0 Å². The number of nitrogens with one attached hydrogen (secondary N) is 1. The molecule has 1 fully saturated rings. The van der Waals surface area contributed by atoms with Crippen molar-refractivity contribution in [3.05, 3.63) is 12.2 Å².